The van der Waals surface area contributed by atoms with E-state index in [0.717, 1.165) is 6.54 Å². The van der Waals surface area contributed by atoms with Gasteiger partial charge in [0.1, 0.15) is 5.82 Å². The average Bonchev–Trinajstić information content (AvgIpc) is 3.01. The van der Waals surface area contributed by atoms with Gasteiger partial charge in [-0.15, -0.1) is 10.2 Å². The molecule has 1 aliphatic carbocycles. The summed E-state index contributed by atoms with van der Waals surface area (Å²) < 4.78 is 14.7. The zero-order valence-electron chi connectivity index (χ0n) is 14.8. The molecule has 1 unspecified atom stereocenters. The fourth-order valence-corrected chi connectivity index (χ4v) is 3.97. The van der Waals surface area contributed by atoms with Gasteiger partial charge in [-0.2, -0.15) is 0 Å². The number of aromatic nitrogens is 3. The molecule has 2 aromatic rings. The van der Waals surface area contributed by atoms with Gasteiger partial charge in [-0.25, -0.2) is 9.07 Å². The number of hydrogen-bond donors (Lipinski definition) is 2. The Hall–Kier alpha value is -2.09. The Labute approximate surface area is 156 Å². The van der Waals surface area contributed by atoms with Gasteiger partial charge in [0.25, 0.3) is 0 Å². The van der Waals surface area contributed by atoms with Crippen molar-refractivity contribution in [1.82, 2.24) is 20.2 Å². The normalized spacial score (nSPS) is 16.4. The third-order valence-corrected chi connectivity index (χ3v) is 5.75. The molecule has 1 fully saturated rings. The molecule has 1 aromatic carbocycles. The summed E-state index contributed by atoms with van der Waals surface area (Å²) in [5.41, 5.74) is 0.543. The third-order valence-electron chi connectivity index (χ3n) is 4.69. The number of nitrogens with zero attached hydrogens (tertiary/aromatic N) is 3. The lowest BCUT2D eigenvalue weighted by molar-refractivity contribution is -0.120. The van der Waals surface area contributed by atoms with Gasteiger partial charge in [0.2, 0.25) is 11.1 Å². The summed E-state index contributed by atoms with van der Waals surface area (Å²) in [5.74, 6) is 6.59. The van der Waals surface area contributed by atoms with E-state index in [9.17, 15) is 9.18 Å². The first-order valence-corrected chi connectivity index (χ1v) is 9.83. The van der Waals surface area contributed by atoms with E-state index in [4.69, 9.17) is 5.84 Å². The topological polar surface area (TPSA) is 85.8 Å². The summed E-state index contributed by atoms with van der Waals surface area (Å²) in [4.78, 5) is 12.3. The highest BCUT2D eigenvalue weighted by atomic mass is 32.2. The number of carbonyl (C=O) groups excluding carboxylic acids is 1. The first-order valence-electron chi connectivity index (χ1n) is 8.95. The number of carbonyl (C=O) groups is 1. The molecule has 0 spiro atoms. The molecule has 0 aliphatic heterocycles. The van der Waals surface area contributed by atoms with Crippen LogP contribution in [0.25, 0.3) is 11.4 Å². The van der Waals surface area contributed by atoms with Crippen molar-refractivity contribution in [3.05, 3.63) is 30.1 Å². The van der Waals surface area contributed by atoms with E-state index < -0.39 is 0 Å². The molecule has 8 heteroatoms. The standard InChI is InChI=1S/C18H24FN5OS/c1-12(17(25)21-11-13-6-3-2-4-7-13)26-18-23-22-16(24(18)20)14-8-5-9-15(19)10-14/h5,8-10,12-13H,2-4,6-7,11,20H2,1H3,(H,21,25). The SMILES string of the molecule is CC(Sc1nnc(-c2cccc(F)c2)n1N)C(=O)NCC1CCCCC1. The molecule has 0 radical (unpaired) electrons. The van der Waals surface area contributed by atoms with Crippen LogP contribution in [0.15, 0.2) is 29.4 Å². The van der Waals surface area contributed by atoms with Crippen LogP contribution >= 0.6 is 11.8 Å². The zero-order valence-corrected chi connectivity index (χ0v) is 15.6. The lowest BCUT2D eigenvalue weighted by atomic mass is 9.89. The Balaban J connectivity index is 1.58. The van der Waals surface area contributed by atoms with Crippen LogP contribution in [0.2, 0.25) is 0 Å². The average molecular weight is 377 g/mol. The van der Waals surface area contributed by atoms with E-state index in [-0.39, 0.29) is 17.0 Å². The van der Waals surface area contributed by atoms with Gasteiger partial charge in [0.15, 0.2) is 5.82 Å². The van der Waals surface area contributed by atoms with Crippen molar-refractivity contribution < 1.29 is 9.18 Å². The highest BCUT2D eigenvalue weighted by Gasteiger charge is 2.21. The maximum atomic E-state index is 13.4. The second-order valence-electron chi connectivity index (χ2n) is 6.70. The molecule has 3 N–H and O–H groups in total. The monoisotopic (exact) mass is 377 g/mol. The molecular weight excluding hydrogens is 353 g/mol. The second-order valence-corrected chi connectivity index (χ2v) is 8.00. The van der Waals surface area contributed by atoms with Gasteiger partial charge in [-0.1, -0.05) is 43.2 Å². The molecule has 26 heavy (non-hydrogen) atoms. The van der Waals surface area contributed by atoms with Crippen LogP contribution in [-0.2, 0) is 4.79 Å². The lowest BCUT2D eigenvalue weighted by Gasteiger charge is -2.22. The molecule has 1 atom stereocenters. The van der Waals surface area contributed by atoms with Crippen molar-refractivity contribution in [2.45, 2.75) is 49.4 Å². The second kappa shape index (κ2) is 8.53. The quantitative estimate of drug-likeness (QED) is 0.597. The van der Waals surface area contributed by atoms with Crippen LogP contribution < -0.4 is 11.2 Å². The molecule has 0 saturated heterocycles. The van der Waals surface area contributed by atoms with Crippen LogP contribution in [0.5, 0.6) is 0 Å². The van der Waals surface area contributed by atoms with Crippen molar-refractivity contribution in [3.8, 4) is 11.4 Å². The lowest BCUT2D eigenvalue weighted by Crippen LogP contribution is -2.35. The molecule has 1 aliphatic rings. The molecule has 1 heterocycles. The van der Waals surface area contributed by atoms with Crippen LogP contribution in [0.1, 0.15) is 39.0 Å². The van der Waals surface area contributed by atoms with Crippen molar-refractivity contribution >= 4 is 17.7 Å². The number of hydrogen-bond acceptors (Lipinski definition) is 5. The fraction of sp³-hybridized carbons (Fsp3) is 0.500. The van der Waals surface area contributed by atoms with E-state index in [0.29, 0.717) is 22.5 Å². The van der Waals surface area contributed by atoms with Crippen molar-refractivity contribution in [3.63, 3.8) is 0 Å². The Kier molecular flexibility index (Phi) is 6.13. The van der Waals surface area contributed by atoms with Crippen molar-refractivity contribution in [2.24, 2.45) is 5.92 Å². The first-order chi connectivity index (χ1) is 12.5. The summed E-state index contributed by atoms with van der Waals surface area (Å²) in [7, 11) is 0. The molecule has 6 nitrogen and oxygen atoms in total. The van der Waals surface area contributed by atoms with E-state index in [2.05, 4.69) is 15.5 Å². The summed E-state index contributed by atoms with van der Waals surface area (Å²) in [6.45, 7) is 2.55. The Morgan fingerprint density at radius 3 is 2.88 bits per heavy atom. The first kappa shape index (κ1) is 18.7. The highest BCUT2D eigenvalue weighted by Crippen LogP contribution is 2.26. The van der Waals surface area contributed by atoms with Gasteiger partial charge < -0.3 is 11.2 Å². The third kappa shape index (κ3) is 4.55. The van der Waals surface area contributed by atoms with E-state index in [1.54, 1.807) is 12.1 Å². The molecule has 140 valence electrons. The number of halogens is 1. The largest absolute Gasteiger partial charge is 0.355 e. The number of thioether (sulfide) groups is 1. The number of nitrogens with two attached hydrogens (primary N) is 1. The molecule has 1 amide bonds. The van der Waals surface area contributed by atoms with E-state index >= 15 is 0 Å². The molecule has 1 saturated carbocycles. The summed E-state index contributed by atoms with van der Waals surface area (Å²) in [6, 6.07) is 6.01. The summed E-state index contributed by atoms with van der Waals surface area (Å²) in [5, 5.41) is 11.2. The number of nitrogens with one attached hydrogen (secondary N) is 1. The number of amides is 1. The van der Waals surface area contributed by atoms with Gasteiger partial charge in [-0.3, -0.25) is 4.79 Å². The maximum Gasteiger partial charge on any atom is 0.233 e. The predicted molar refractivity (Wildman–Crippen MR) is 100 cm³/mol. The van der Waals surface area contributed by atoms with Gasteiger partial charge >= 0.3 is 0 Å². The predicted octanol–water partition coefficient (Wildman–Crippen LogP) is 2.98. The fourth-order valence-electron chi connectivity index (χ4n) is 3.17. The zero-order chi connectivity index (χ0) is 18.5. The van der Waals surface area contributed by atoms with Crippen LogP contribution in [-0.4, -0.2) is 32.6 Å². The minimum Gasteiger partial charge on any atom is -0.355 e. The Morgan fingerprint density at radius 2 is 2.15 bits per heavy atom. The van der Waals surface area contributed by atoms with Crippen LogP contribution in [0, 0.1) is 11.7 Å². The van der Waals surface area contributed by atoms with Crippen LogP contribution in [0.3, 0.4) is 0 Å². The van der Waals surface area contributed by atoms with Crippen molar-refractivity contribution in [1.29, 1.82) is 0 Å². The Morgan fingerprint density at radius 1 is 1.38 bits per heavy atom. The van der Waals surface area contributed by atoms with Gasteiger partial charge in [0, 0.05) is 12.1 Å². The van der Waals surface area contributed by atoms with Gasteiger partial charge in [0.05, 0.1) is 5.25 Å². The summed E-state index contributed by atoms with van der Waals surface area (Å²) in [6.07, 6.45) is 6.19. The van der Waals surface area contributed by atoms with E-state index in [1.807, 2.05) is 6.92 Å². The van der Waals surface area contributed by atoms with Crippen molar-refractivity contribution in [2.75, 3.05) is 12.4 Å². The van der Waals surface area contributed by atoms with Crippen LogP contribution in [0.4, 0.5) is 4.39 Å². The molecule has 3 rings (SSSR count). The number of benzene rings is 1. The molecule has 1 aromatic heterocycles. The summed E-state index contributed by atoms with van der Waals surface area (Å²) >= 11 is 1.24. The number of rotatable bonds is 6. The Bertz CT molecular complexity index is 760. The number of nitrogen functional groups attached to an aromatic ring is 1. The van der Waals surface area contributed by atoms with E-state index in [1.165, 1.54) is 60.7 Å². The molecule has 0 bridgehead atoms. The highest BCUT2D eigenvalue weighted by molar-refractivity contribution is 8.00. The maximum absolute atomic E-state index is 13.4. The molecular formula is C18H24FN5OS. The minimum atomic E-state index is -0.366. The smallest absolute Gasteiger partial charge is 0.233 e. The minimum absolute atomic E-state index is 0.0316. The van der Waals surface area contributed by atoms with Gasteiger partial charge in [-0.05, 0) is 37.8 Å².